The molecule has 0 fully saturated rings. The minimum atomic E-state index is -0.135. The smallest absolute Gasteiger partial charge is 0.240 e. The van der Waals surface area contributed by atoms with Crippen LogP contribution in [0.15, 0.2) is 41.4 Å². The molecule has 2 heterocycles. The van der Waals surface area contributed by atoms with Crippen LogP contribution in [0.25, 0.3) is 0 Å². The molecule has 0 bridgehead atoms. The van der Waals surface area contributed by atoms with Crippen LogP contribution in [0.4, 0.5) is 5.69 Å². The minimum Gasteiger partial charge on any atom is -0.351 e. The van der Waals surface area contributed by atoms with Gasteiger partial charge in [-0.25, -0.2) is 4.98 Å². The molecule has 1 aromatic heterocycles. The second-order valence-electron chi connectivity index (χ2n) is 6.87. The number of benzene rings is 1. The van der Waals surface area contributed by atoms with Gasteiger partial charge in [-0.05, 0) is 43.9 Å². The number of aryl methyl sites for hydroxylation is 2. The van der Waals surface area contributed by atoms with E-state index in [1.165, 1.54) is 17.3 Å². The normalized spacial score (nSPS) is 14.6. The van der Waals surface area contributed by atoms with Crippen molar-refractivity contribution >= 4 is 29.3 Å². The van der Waals surface area contributed by atoms with E-state index in [0.717, 1.165) is 34.8 Å². The number of anilines is 1. The quantitative estimate of drug-likeness (QED) is 0.832. The van der Waals surface area contributed by atoms with Crippen molar-refractivity contribution in [3.05, 3.63) is 53.2 Å². The molecule has 1 N–H and O–H groups in total. The van der Waals surface area contributed by atoms with Crippen molar-refractivity contribution in [1.29, 1.82) is 0 Å². The largest absolute Gasteiger partial charge is 0.351 e. The topological polar surface area (TPSA) is 62.3 Å². The van der Waals surface area contributed by atoms with Crippen molar-refractivity contribution in [1.82, 2.24) is 10.3 Å². The summed E-state index contributed by atoms with van der Waals surface area (Å²) < 4.78 is 0. The van der Waals surface area contributed by atoms with E-state index >= 15 is 0 Å². The highest BCUT2D eigenvalue weighted by Crippen LogP contribution is 2.36. The fourth-order valence-electron chi connectivity index (χ4n) is 3.34. The van der Waals surface area contributed by atoms with Crippen LogP contribution < -0.4 is 10.2 Å². The molecule has 1 aromatic carbocycles. The summed E-state index contributed by atoms with van der Waals surface area (Å²) in [6.45, 7) is 5.99. The average Bonchev–Trinajstić information content (AvgIpc) is 2.64. The number of carbonyl (C=O) groups is 2. The van der Waals surface area contributed by atoms with Crippen LogP contribution in [-0.2, 0) is 16.0 Å². The van der Waals surface area contributed by atoms with Gasteiger partial charge in [0.05, 0.1) is 11.4 Å². The van der Waals surface area contributed by atoms with Crippen LogP contribution in [-0.4, -0.2) is 35.1 Å². The summed E-state index contributed by atoms with van der Waals surface area (Å²) in [5, 5.41) is 3.91. The lowest BCUT2D eigenvalue weighted by atomic mass is 10.0. The van der Waals surface area contributed by atoms with E-state index in [9.17, 15) is 9.59 Å². The second-order valence-corrected chi connectivity index (χ2v) is 7.83. The summed E-state index contributed by atoms with van der Waals surface area (Å²) >= 11 is 1.44. The highest BCUT2D eigenvalue weighted by Gasteiger charge is 2.29. The van der Waals surface area contributed by atoms with Crippen LogP contribution >= 0.6 is 11.8 Å². The van der Waals surface area contributed by atoms with Gasteiger partial charge in [-0.1, -0.05) is 49.0 Å². The second kappa shape index (κ2) is 8.57. The molecule has 1 aliphatic rings. The lowest BCUT2D eigenvalue weighted by Gasteiger charge is -2.30. The first-order valence-corrected chi connectivity index (χ1v) is 10.2. The van der Waals surface area contributed by atoms with E-state index < -0.39 is 0 Å². The Morgan fingerprint density at radius 1 is 1.30 bits per heavy atom. The summed E-state index contributed by atoms with van der Waals surface area (Å²) in [4.78, 5) is 31.3. The first-order chi connectivity index (χ1) is 13.0. The van der Waals surface area contributed by atoms with Crippen molar-refractivity contribution in [2.45, 2.75) is 44.7 Å². The van der Waals surface area contributed by atoms with Gasteiger partial charge in [0.25, 0.3) is 0 Å². The molecule has 1 atom stereocenters. The lowest BCUT2D eigenvalue weighted by Crippen LogP contribution is -2.46. The van der Waals surface area contributed by atoms with Gasteiger partial charge < -0.3 is 5.32 Å². The SMILES string of the molecule is CC[C@H](Cc1ccccc1)NC(=O)CN1C(=O)CSc2nc(C)cc(C)c21. The maximum absolute atomic E-state index is 12.7. The molecule has 0 radical (unpaired) electrons. The van der Waals surface area contributed by atoms with Crippen molar-refractivity contribution < 1.29 is 9.59 Å². The Labute approximate surface area is 164 Å². The van der Waals surface area contributed by atoms with Crippen LogP contribution in [0.1, 0.15) is 30.2 Å². The number of fused-ring (bicyclic) bond motifs is 1. The number of rotatable bonds is 6. The third-order valence-corrected chi connectivity index (χ3v) is 5.62. The van der Waals surface area contributed by atoms with E-state index in [4.69, 9.17) is 0 Å². The molecule has 142 valence electrons. The monoisotopic (exact) mass is 383 g/mol. The first kappa shape index (κ1) is 19.4. The van der Waals surface area contributed by atoms with Gasteiger partial charge in [0.2, 0.25) is 11.8 Å². The number of hydrogen-bond acceptors (Lipinski definition) is 4. The van der Waals surface area contributed by atoms with Gasteiger partial charge in [-0.2, -0.15) is 0 Å². The van der Waals surface area contributed by atoms with Crippen molar-refractivity contribution in [2.24, 2.45) is 0 Å². The average molecular weight is 384 g/mol. The number of aromatic nitrogens is 1. The number of hydrogen-bond donors (Lipinski definition) is 1. The third kappa shape index (κ3) is 4.69. The Hall–Kier alpha value is -2.34. The summed E-state index contributed by atoms with van der Waals surface area (Å²) in [6.07, 6.45) is 1.62. The molecule has 2 amide bonds. The Morgan fingerprint density at radius 3 is 2.74 bits per heavy atom. The third-order valence-electron chi connectivity index (χ3n) is 4.67. The summed E-state index contributed by atoms with van der Waals surface area (Å²) in [5.41, 5.74) is 3.86. The van der Waals surface area contributed by atoms with Gasteiger partial charge in [0.1, 0.15) is 11.6 Å². The van der Waals surface area contributed by atoms with E-state index in [1.54, 1.807) is 4.90 Å². The summed E-state index contributed by atoms with van der Waals surface area (Å²) in [7, 11) is 0. The molecule has 0 unspecified atom stereocenters. The Balaban J connectivity index is 1.71. The van der Waals surface area contributed by atoms with Crippen LogP contribution in [0.5, 0.6) is 0 Å². The van der Waals surface area contributed by atoms with Crippen molar-refractivity contribution in [3.63, 3.8) is 0 Å². The molecule has 0 saturated carbocycles. The van der Waals surface area contributed by atoms with Gasteiger partial charge in [-0.15, -0.1) is 0 Å². The van der Waals surface area contributed by atoms with Crippen LogP contribution in [0.3, 0.4) is 0 Å². The Kier molecular flexibility index (Phi) is 6.16. The number of carbonyl (C=O) groups excluding carboxylic acids is 2. The minimum absolute atomic E-state index is 0.0310. The van der Waals surface area contributed by atoms with Crippen molar-refractivity contribution in [3.8, 4) is 0 Å². The molecular weight excluding hydrogens is 358 g/mol. The van der Waals surface area contributed by atoms with Gasteiger partial charge in [0, 0.05) is 11.7 Å². The molecule has 5 nitrogen and oxygen atoms in total. The van der Waals surface area contributed by atoms with E-state index in [0.29, 0.717) is 5.75 Å². The van der Waals surface area contributed by atoms with Gasteiger partial charge in [0.15, 0.2) is 0 Å². The number of nitrogens with one attached hydrogen (secondary N) is 1. The number of amides is 2. The standard InChI is InChI=1S/C21H25N3O2S/c1-4-17(11-16-8-6-5-7-9-16)23-18(25)12-24-19(26)13-27-21-20(24)14(2)10-15(3)22-21/h5-10,17H,4,11-13H2,1-3H3,(H,23,25)/t17-/m1/s1. The van der Waals surface area contributed by atoms with Crippen molar-refractivity contribution in [2.75, 3.05) is 17.2 Å². The zero-order valence-corrected chi connectivity index (χ0v) is 16.8. The number of pyridine rings is 1. The highest BCUT2D eigenvalue weighted by atomic mass is 32.2. The molecule has 0 spiro atoms. The summed E-state index contributed by atoms with van der Waals surface area (Å²) in [6, 6.07) is 12.1. The predicted octanol–water partition coefficient (Wildman–Crippen LogP) is 3.27. The zero-order valence-electron chi connectivity index (χ0n) is 16.0. The van der Waals surface area contributed by atoms with Gasteiger partial charge in [-0.3, -0.25) is 14.5 Å². The molecule has 3 rings (SSSR count). The molecule has 0 saturated heterocycles. The summed E-state index contributed by atoms with van der Waals surface area (Å²) in [5.74, 6) is 0.133. The maximum Gasteiger partial charge on any atom is 0.240 e. The molecule has 6 heteroatoms. The van der Waals surface area contributed by atoms with E-state index in [1.807, 2.05) is 38.1 Å². The number of thioether (sulfide) groups is 1. The molecule has 1 aliphatic heterocycles. The fourth-order valence-corrected chi connectivity index (χ4v) is 4.37. The Morgan fingerprint density at radius 2 is 2.04 bits per heavy atom. The maximum atomic E-state index is 12.7. The lowest BCUT2D eigenvalue weighted by molar-refractivity contribution is -0.123. The van der Waals surface area contributed by atoms with E-state index in [2.05, 4.69) is 29.4 Å². The predicted molar refractivity (Wildman–Crippen MR) is 109 cm³/mol. The van der Waals surface area contributed by atoms with Crippen LogP contribution in [0, 0.1) is 13.8 Å². The van der Waals surface area contributed by atoms with Gasteiger partial charge >= 0.3 is 0 Å². The van der Waals surface area contributed by atoms with Crippen LogP contribution in [0.2, 0.25) is 0 Å². The molecule has 2 aromatic rings. The highest BCUT2D eigenvalue weighted by molar-refractivity contribution is 8.00. The fraction of sp³-hybridized carbons (Fsp3) is 0.381. The first-order valence-electron chi connectivity index (χ1n) is 9.22. The molecular formula is C21H25N3O2S. The molecule has 27 heavy (non-hydrogen) atoms. The zero-order chi connectivity index (χ0) is 19.4. The number of nitrogens with zero attached hydrogens (tertiary/aromatic N) is 2. The van der Waals surface area contributed by atoms with E-state index in [-0.39, 0.29) is 24.4 Å². The Bertz CT molecular complexity index is 839. The molecule has 0 aliphatic carbocycles.